The Labute approximate surface area is 672 Å². The average Bonchev–Trinajstić information content (AvgIpc) is 0.890. The quantitative estimate of drug-likeness (QED) is 0.0110. The number of benzene rings is 7. The van der Waals surface area contributed by atoms with E-state index in [-0.39, 0.29) is 99.7 Å². The summed E-state index contributed by atoms with van der Waals surface area (Å²) in [6.07, 6.45) is 1.18. The summed E-state index contributed by atoms with van der Waals surface area (Å²) in [6.45, 7) is 7.67. The molecule has 7 aromatic rings. The molecule has 0 spiro atoms. The third-order valence-electron chi connectivity index (χ3n) is 14.6. The van der Waals surface area contributed by atoms with Crippen molar-refractivity contribution in [3.8, 4) is 17.2 Å². The molecule has 0 fully saturated rings. The zero-order valence-electron chi connectivity index (χ0n) is 63.1. The molecular formula is C77H108Cl4N14O17. The summed E-state index contributed by atoms with van der Waals surface area (Å²) >= 11 is 23.2. The van der Waals surface area contributed by atoms with Crippen molar-refractivity contribution in [2.45, 2.75) is 121 Å². The van der Waals surface area contributed by atoms with E-state index in [4.69, 9.17) is 135 Å². The van der Waals surface area contributed by atoms with Gasteiger partial charge in [0.25, 0.3) is 0 Å². The van der Waals surface area contributed by atoms with Gasteiger partial charge in [-0.1, -0.05) is 168 Å². The van der Waals surface area contributed by atoms with Gasteiger partial charge in [-0.3, -0.25) is 0 Å². The number of hydrogen-bond acceptors (Lipinski definition) is 24. The number of alkyl carbamates (subject to hydrolysis) is 2. The van der Waals surface area contributed by atoms with Crippen LogP contribution in [0.2, 0.25) is 20.1 Å². The summed E-state index contributed by atoms with van der Waals surface area (Å²) in [5, 5.41) is 34.8. The number of amides is 7. The lowest BCUT2D eigenvalue weighted by atomic mass is 10.1. The van der Waals surface area contributed by atoms with E-state index in [1.807, 2.05) is 105 Å². The summed E-state index contributed by atoms with van der Waals surface area (Å²) in [5.41, 5.74) is 73.9. The van der Waals surface area contributed by atoms with Crippen LogP contribution in [0.5, 0.6) is 17.2 Å². The molecule has 7 aromatic carbocycles. The lowest BCUT2D eigenvalue weighted by Gasteiger charge is -2.13. The van der Waals surface area contributed by atoms with Crippen molar-refractivity contribution in [1.82, 2.24) is 10.6 Å². The van der Waals surface area contributed by atoms with E-state index < -0.39 is 48.7 Å². The molecule has 0 aliphatic heterocycles. The first kappa shape index (κ1) is 99.7. The Bertz CT molecular complexity index is 3620. The van der Waals surface area contributed by atoms with Gasteiger partial charge in [0.15, 0.2) is 11.5 Å². The molecule has 29 N–H and O–H groups in total. The highest BCUT2D eigenvalue weighted by atomic mass is 35.5. The summed E-state index contributed by atoms with van der Waals surface area (Å²) in [6, 6.07) is 45.5. The molecule has 0 saturated carbocycles. The van der Waals surface area contributed by atoms with Crippen LogP contribution < -0.4 is 79.4 Å². The standard InChI is InChI=1S/C14H21ClN2O2.C12H18N2O2.C11H16N2O2.C10H12Cl2N2O2.C10H13ClN2O2.C10H14N2O4.C10H14N2O3/c1-2-3-8-17-14(18)19-10-13(16)9-11-4-6-12(15)7-5-11;1-9-3-5-10(6-4-9)7-11(13)8-16-12(15)14-2;1-8-2-4-9(5-3-8)6-10(12)7-15-11(13)14;11-8-2-1-6(4-9(8)12)3-7(13)5-16-10(14)15;11-8-3-1-7(2-4-8)5-9(12)6-15-10(13)14;11-7(5-16-10(12)15)3-6-1-2-8(13)9(14)4-6;11-8(6-15-10(12)14)5-7-1-3-9(13)4-2-7/h4-7,13H,2-3,8-10,16H2,1H3,(H,17,18);3-6,11H,7-8,13H2,1-2H3,(H,14,15);2-5,10H,6-7,12H2,1H3,(H2,13,14);1-2,4,7H,3,5,13H2,(H2,14,15);1-4,9H,5-6,12H2,(H2,13,14);1-2,4,7,13-14H,3,5,11H2,(H2,12,15);1-4,8,13H,5-6,11H2,(H2,12,14). The molecule has 31 nitrogen and oxygen atoms in total. The first-order chi connectivity index (χ1) is 52.9. The summed E-state index contributed by atoms with van der Waals surface area (Å²) in [5.74, 6) is -0.188. The van der Waals surface area contributed by atoms with Crippen LogP contribution in [-0.4, -0.2) is 160 Å². The highest BCUT2D eigenvalue weighted by Crippen LogP contribution is 2.26. The number of aryl methyl sites for hydroxylation is 2. The smallest absolute Gasteiger partial charge is 0.407 e. The van der Waals surface area contributed by atoms with Crippen LogP contribution in [0.4, 0.5) is 33.6 Å². The molecule has 7 unspecified atom stereocenters. The highest BCUT2D eigenvalue weighted by molar-refractivity contribution is 6.42. The van der Waals surface area contributed by atoms with Crippen molar-refractivity contribution >= 4 is 89.1 Å². The Hall–Kier alpha value is -10.3. The normalized spacial score (nSPS) is 12.1. The number of carbonyl (C=O) groups excluding carboxylic acids is 7. The number of rotatable bonds is 31. The predicted molar refractivity (Wildman–Crippen MR) is 434 cm³/mol. The number of phenols is 3. The predicted octanol–water partition coefficient (Wildman–Crippen LogP) is 8.60. The van der Waals surface area contributed by atoms with Crippen LogP contribution in [0.3, 0.4) is 0 Å². The third kappa shape index (κ3) is 52.8. The Morgan fingerprint density at radius 3 is 0.911 bits per heavy atom. The Morgan fingerprint density at radius 1 is 0.348 bits per heavy atom. The second kappa shape index (κ2) is 57.7. The summed E-state index contributed by atoms with van der Waals surface area (Å²) < 4.78 is 32.8. The number of carbonyl (C=O) groups is 7. The monoisotopic (exact) mass is 1640 g/mol. The SMILES string of the molecule is CCCCNC(=O)OCC(N)Cc1ccc(Cl)cc1.CNC(=O)OCC(N)Cc1ccc(C)cc1.Cc1ccc(CC(N)COC(N)=O)cc1.NC(=O)OCC(N)Cc1ccc(Cl)c(Cl)c1.NC(=O)OCC(N)Cc1ccc(Cl)cc1.NC(=O)OCC(N)Cc1ccc(O)c(O)c1.NC(=O)OCC(N)Cc1ccc(O)cc1. The fraction of sp³-hybridized carbons (Fsp3) is 0.364. The van der Waals surface area contributed by atoms with Crippen molar-refractivity contribution in [1.29, 1.82) is 0 Å². The summed E-state index contributed by atoms with van der Waals surface area (Å²) in [4.78, 5) is 73.8. The molecule has 0 aliphatic rings. The second-order valence-corrected chi connectivity index (χ2v) is 26.8. The molecular weight excluding hydrogens is 1530 g/mol. The van der Waals surface area contributed by atoms with Crippen LogP contribution in [0.1, 0.15) is 69.8 Å². The Kier molecular flexibility index (Phi) is 51.4. The fourth-order valence-corrected chi connectivity index (χ4v) is 9.59. The molecule has 0 aromatic heterocycles. The van der Waals surface area contributed by atoms with Gasteiger partial charge in [-0.2, -0.15) is 0 Å². The van der Waals surface area contributed by atoms with Gasteiger partial charge in [-0.25, -0.2) is 33.6 Å². The maximum atomic E-state index is 11.3. The van der Waals surface area contributed by atoms with Crippen LogP contribution in [0, 0.1) is 13.8 Å². The van der Waals surface area contributed by atoms with Gasteiger partial charge < -0.3 is 128 Å². The molecule has 616 valence electrons. The van der Waals surface area contributed by atoms with Gasteiger partial charge in [-0.15, -0.1) is 0 Å². The van der Waals surface area contributed by atoms with Crippen LogP contribution in [0.25, 0.3) is 0 Å². The van der Waals surface area contributed by atoms with Crippen molar-refractivity contribution in [2.75, 3.05) is 59.8 Å². The van der Waals surface area contributed by atoms with Gasteiger partial charge in [0, 0.05) is 65.9 Å². The molecule has 0 radical (unpaired) electrons. The number of aromatic hydroxyl groups is 3. The van der Waals surface area contributed by atoms with Gasteiger partial charge in [0.2, 0.25) is 0 Å². The van der Waals surface area contributed by atoms with Gasteiger partial charge >= 0.3 is 42.7 Å². The summed E-state index contributed by atoms with van der Waals surface area (Å²) in [7, 11) is 1.52. The highest BCUT2D eigenvalue weighted by Gasteiger charge is 2.14. The van der Waals surface area contributed by atoms with Gasteiger partial charge in [0.1, 0.15) is 52.0 Å². The molecule has 0 aliphatic carbocycles. The molecule has 0 heterocycles. The van der Waals surface area contributed by atoms with Crippen molar-refractivity contribution < 1.29 is 82.0 Å². The number of nitrogens with two attached hydrogens (primary N) is 12. The van der Waals surface area contributed by atoms with Crippen molar-refractivity contribution in [3.05, 3.63) is 228 Å². The number of ether oxygens (including phenoxy) is 7. The molecule has 0 bridgehead atoms. The van der Waals surface area contributed by atoms with Crippen molar-refractivity contribution in [3.63, 3.8) is 0 Å². The second-order valence-electron chi connectivity index (χ2n) is 25.1. The maximum Gasteiger partial charge on any atom is 0.407 e. The number of primary amides is 5. The Balaban J connectivity index is 0.000000654. The van der Waals surface area contributed by atoms with Crippen LogP contribution in [0.15, 0.2) is 158 Å². The van der Waals surface area contributed by atoms with E-state index >= 15 is 0 Å². The maximum absolute atomic E-state index is 11.3. The van der Waals surface area contributed by atoms with Gasteiger partial charge in [-0.05, 0) is 165 Å². The van der Waals surface area contributed by atoms with Gasteiger partial charge in [0.05, 0.1) is 10.0 Å². The lowest BCUT2D eigenvalue weighted by molar-refractivity contribution is 0.138. The zero-order valence-corrected chi connectivity index (χ0v) is 66.1. The Morgan fingerprint density at radius 2 is 0.616 bits per heavy atom. The van der Waals surface area contributed by atoms with Crippen LogP contribution >= 0.6 is 46.4 Å². The topological polar surface area (TPSA) is 581 Å². The molecule has 0 saturated heterocycles. The number of unbranched alkanes of at least 4 members (excludes halogenated alkanes) is 1. The largest absolute Gasteiger partial charge is 0.508 e. The van der Waals surface area contributed by atoms with E-state index in [2.05, 4.69) is 41.2 Å². The molecule has 7 amide bonds. The molecule has 7 rings (SSSR count). The van der Waals surface area contributed by atoms with E-state index in [0.717, 1.165) is 51.8 Å². The first-order valence-electron chi connectivity index (χ1n) is 34.9. The minimum atomic E-state index is -0.871. The molecule has 112 heavy (non-hydrogen) atoms. The third-order valence-corrected chi connectivity index (χ3v) is 15.8. The minimum absolute atomic E-state index is 0.0109. The lowest BCUT2D eigenvalue weighted by Crippen LogP contribution is -2.33. The number of hydrogen-bond donors (Lipinski definition) is 17. The number of nitrogens with one attached hydrogen (secondary N) is 2. The molecule has 7 atom stereocenters. The van der Waals surface area contributed by atoms with E-state index in [0.29, 0.717) is 71.6 Å². The van der Waals surface area contributed by atoms with Crippen LogP contribution in [-0.2, 0) is 78.1 Å². The van der Waals surface area contributed by atoms with E-state index in [9.17, 15) is 38.7 Å². The number of halogens is 4. The zero-order chi connectivity index (χ0) is 84.1. The molecule has 35 heteroatoms. The van der Waals surface area contributed by atoms with E-state index in [1.165, 1.54) is 30.3 Å². The first-order valence-corrected chi connectivity index (χ1v) is 36.4. The minimum Gasteiger partial charge on any atom is -0.508 e. The van der Waals surface area contributed by atoms with E-state index in [1.54, 1.807) is 54.6 Å². The number of phenolic OH excluding ortho intramolecular Hbond substituents is 3. The van der Waals surface area contributed by atoms with Crippen molar-refractivity contribution in [2.24, 2.45) is 68.8 Å². The average molecular weight is 1640 g/mol. The fourth-order valence-electron chi connectivity index (χ4n) is 9.02.